The van der Waals surface area contributed by atoms with E-state index in [4.69, 9.17) is 4.74 Å². The number of carbonyl (C=O) groups is 1. The van der Waals surface area contributed by atoms with Gasteiger partial charge in [0.15, 0.2) is 9.84 Å². The lowest BCUT2D eigenvalue weighted by molar-refractivity contribution is -0.130. The maximum Gasteiger partial charge on any atom is 0.233 e. The molecular formula is C20H26N4O4S2. The minimum atomic E-state index is -3.07. The van der Waals surface area contributed by atoms with Crippen molar-refractivity contribution in [2.24, 2.45) is 0 Å². The van der Waals surface area contributed by atoms with Crippen molar-refractivity contribution in [2.75, 3.05) is 37.5 Å². The monoisotopic (exact) mass is 450 g/mol. The Labute approximate surface area is 180 Å². The van der Waals surface area contributed by atoms with E-state index in [1.807, 2.05) is 35.0 Å². The molecule has 162 valence electrons. The Morgan fingerprint density at radius 2 is 2.03 bits per heavy atom. The van der Waals surface area contributed by atoms with E-state index in [2.05, 4.69) is 10.1 Å². The number of hydrogen-bond acceptors (Lipinski definition) is 7. The van der Waals surface area contributed by atoms with E-state index >= 15 is 0 Å². The molecular weight excluding hydrogens is 424 g/mol. The van der Waals surface area contributed by atoms with Crippen LogP contribution in [0, 0.1) is 0 Å². The predicted octanol–water partition coefficient (Wildman–Crippen LogP) is 1.90. The smallest absolute Gasteiger partial charge is 0.233 e. The van der Waals surface area contributed by atoms with Crippen molar-refractivity contribution >= 4 is 27.5 Å². The van der Waals surface area contributed by atoms with Crippen LogP contribution in [0.3, 0.4) is 0 Å². The number of aromatic nitrogens is 3. The fraction of sp³-hybridized carbons (Fsp3) is 0.550. The van der Waals surface area contributed by atoms with Crippen LogP contribution in [-0.4, -0.2) is 77.6 Å². The molecule has 1 saturated heterocycles. The molecule has 1 aromatic heterocycles. The summed E-state index contributed by atoms with van der Waals surface area (Å²) in [4.78, 5) is 19.3. The van der Waals surface area contributed by atoms with Gasteiger partial charge < -0.3 is 9.64 Å². The highest BCUT2D eigenvalue weighted by atomic mass is 32.2. The van der Waals surface area contributed by atoms with Crippen molar-refractivity contribution in [3.63, 3.8) is 0 Å². The molecule has 0 N–H and O–H groups in total. The number of sulfone groups is 1. The van der Waals surface area contributed by atoms with Crippen molar-refractivity contribution in [3.8, 4) is 5.69 Å². The molecule has 1 saturated carbocycles. The highest BCUT2D eigenvalue weighted by Crippen LogP contribution is 2.40. The summed E-state index contributed by atoms with van der Waals surface area (Å²) in [5, 5.41) is 5.20. The number of nitrogens with zero attached hydrogens (tertiary/aromatic N) is 4. The first-order valence-electron chi connectivity index (χ1n) is 10.1. The Kier molecular flexibility index (Phi) is 6.45. The lowest BCUT2D eigenvalue weighted by atomic mass is 10.2. The van der Waals surface area contributed by atoms with Crippen LogP contribution in [0.4, 0.5) is 0 Å². The van der Waals surface area contributed by atoms with Gasteiger partial charge in [0.05, 0.1) is 29.6 Å². The number of benzene rings is 1. The van der Waals surface area contributed by atoms with Crippen molar-refractivity contribution in [1.29, 1.82) is 0 Å². The van der Waals surface area contributed by atoms with Gasteiger partial charge in [-0.3, -0.25) is 4.79 Å². The molecule has 1 aliphatic heterocycles. The zero-order valence-electron chi connectivity index (χ0n) is 16.9. The maximum absolute atomic E-state index is 12.9. The number of hydrogen-bond donors (Lipinski definition) is 0. The molecule has 4 rings (SSSR count). The average Bonchev–Trinajstić information content (AvgIpc) is 3.40. The number of thioether (sulfide) groups is 1. The van der Waals surface area contributed by atoms with Crippen LogP contribution in [0.25, 0.3) is 5.69 Å². The summed E-state index contributed by atoms with van der Waals surface area (Å²) in [6.07, 6.45) is 2.69. The summed E-state index contributed by atoms with van der Waals surface area (Å²) in [7, 11) is -1.50. The number of carbonyl (C=O) groups excluding carboxylic acids is 1. The lowest BCUT2D eigenvalue weighted by Crippen LogP contribution is -2.44. The van der Waals surface area contributed by atoms with Crippen molar-refractivity contribution in [1.82, 2.24) is 19.7 Å². The van der Waals surface area contributed by atoms with E-state index in [0.29, 0.717) is 30.6 Å². The Morgan fingerprint density at radius 3 is 2.67 bits per heavy atom. The zero-order chi connectivity index (χ0) is 21.1. The number of para-hydroxylation sites is 1. The van der Waals surface area contributed by atoms with Crippen molar-refractivity contribution in [3.05, 3.63) is 36.2 Å². The number of methoxy groups -OCH3 is 1. The normalized spacial score (nSPS) is 20.4. The van der Waals surface area contributed by atoms with Crippen LogP contribution in [-0.2, 0) is 19.4 Å². The van der Waals surface area contributed by atoms with E-state index in [1.165, 1.54) is 11.8 Å². The van der Waals surface area contributed by atoms with Crippen LogP contribution in [0.2, 0.25) is 0 Å². The topological polar surface area (TPSA) is 94.4 Å². The molecule has 0 unspecified atom stereocenters. The van der Waals surface area contributed by atoms with Crippen LogP contribution in [0.5, 0.6) is 0 Å². The molecule has 1 aliphatic carbocycles. The largest absolute Gasteiger partial charge is 0.383 e. The quantitative estimate of drug-likeness (QED) is 0.539. The van der Waals surface area contributed by atoms with E-state index in [9.17, 15) is 13.2 Å². The van der Waals surface area contributed by atoms with Gasteiger partial charge in [0.1, 0.15) is 5.82 Å². The number of rotatable bonds is 9. The minimum Gasteiger partial charge on any atom is -0.383 e. The fourth-order valence-corrected chi connectivity index (χ4v) is 6.11. The maximum atomic E-state index is 12.9. The van der Waals surface area contributed by atoms with Gasteiger partial charge in [-0.05, 0) is 31.4 Å². The molecule has 30 heavy (non-hydrogen) atoms. The number of amides is 1. The Balaban J connectivity index is 1.45. The van der Waals surface area contributed by atoms with Crippen LogP contribution in [0.1, 0.15) is 31.0 Å². The summed E-state index contributed by atoms with van der Waals surface area (Å²) < 4.78 is 30.7. The van der Waals surface area contributed by atoms with Gasteiger partial charge in [0.2, 0.25) is 11.1 Å². The predicted molar refractivity (Wildman–Crippen MR) is 115 cm³/mol. The summed E-state index contributed by atoms with van der Waals surface area (Å²) in [6, 6.07) is 9.60. The Bertz CT molecular complexity index is 989. The molecule has 1 amide bonds. The average molecular weight is 451 g/mol. The van der Waals surface area contributed by atoms with Gasteiger partial charge in [-0.1, -0.05) is 30.0 Å². The zero-order valence-corrected chi connectivity index (χ0v) is 18.6. The van der Waals surface area contributed by atoms with Crippen LogP contribution >= 0.6 is 11.8 Å². The van der Waals surface area contributed by atoms with Crippen LogP contribution < -0.4 is 0 Å². The second-order valence-electron chi connectivity index (χ2n) is 7.70. The standard InChI is InChI=1S/C20H26N4O4S2/c1-28-11-10-23(17-9-12-30(26,27)14-17)18(25)13-29-20-21-19(15-7-8-15)24(22-20)16-5-3-2-4-6-16/h2-6,15,17H,7-14H2,1H3/t17-/m1/s1. The molecule has 1 aromatic carbocycles. The first kappa shape index (κ1) is 21.3. The number of ether oxygens (including phenoxy) is 1. The third-order valence-corrected chi connectivity index (χ3v) is 7.96. The molecule has 2 heterocycles. The molecule has 10 heteroatoms. The molecule has 2 aliphatic rings. The molecule has 2 aromatic rings. The molecule has 1 atom stereocenters. The summed E-state index contributed by atoms with van der Waals surface area (Å²) in [5.74, 6) is 1.58. The van der Waals surface area contributed by atoms with E-state index in [-0.39, 0.29) is 29.2 Å². The minimum absolute atomic E-state index is 0.0276. The second kappa shape index (κ2) is 9.07. The van der Waals surface area contributed by atoms with Gasteiger partial charge in [0.25, 0.3) is 0 Å². The molecule has 0 spiro atoms. The molecule has 0 radical (unpaired) electrons. The van der Waals surface area contributed by atoms with Gasteiger partial charge >= 0.3 is 0 Å². The Morgan fingerprint density at radius 1 is 1.27 bits per heavy atom. The van der Waals surface area contributed by atoms with Crippen molar-refractivity contribution in [2.45, 2.75) is 36.4 Å². The summed E-state index contributed by atoms with van der Waals surface area (Å²) in [5.41, 5.74) is 0.961. The first-order chi connectivity index (χ1) is 14.5. The lowest BCUT2D eigenvalue weighted by Gasteiger charge is -2.27. The second-order valence-corrected chi connectivity index (χ2v) is 10.9. The summed E-state index contributed by atoms with van der Waals surface area (Å²) >= 11 is 1.30. The summed E-state index contributed by atoms with van der Waals surface area (Å²) in [6.45, 7) is 0.759. The van der Waals surface area contributed by atoms with E-state index in [1.54, 1.807) is 12.0 Å². The van der Waals surface area contributed by atoms with Gasteiger partial charge in [-0.15, -0.1) is 5.10 Å². The third kappa shape index (κ3) is 5.04. The van der Waals surface area contributed by atoms with Gasteiger partial charge in [-0.2, -0.15) is 0 Å². The fourth-order valence-electron chi connectivity index (χ4n) is 3.66. The molecule has 0 bridgehead atoms. The highest BCUT2D eigenvalue weighted by molar-refractivity contribution is 7.99. The SMILES string of the molecule is COCCN(C(=O)CSc1nc(C2CC2)n(-c2ccccc2)n1)[C@@H]1CCS(=O)(=O)C1. The van der Waals surface area contributed by atoms with Gasteiger partial charge in [-0.25, -0.2) is 18.1 Å². The highest BCUT2D eigenvalue weighted by Gasteiger charge is 2.35. The molecule has 8 nitrogen and oxygen atoms in total. The first-order valence-corrected chi connectivity index (χ1v) is 12.9. The Hall–Kier alpha value is -1.91. The van der Waals surface area contributed by atoms with Crippen LogP contribution in [0.15, 0.2) is 35.5 Å². The van der Waals surface area contributed by atoms with Gasteiger partial charge in [0, 0.05) is 25.6 Å². The third-order valence-electron chi connectivity index (χ3n) is 5.39. The van der Waals surface area contributed by atoms with Crippen molar-refractivity contribution < 1.29 is 17.9 Å². The molecule has 2 fully saturated rings. The van der Waals surface area contributed by atoms with E-state index in [0.717, 1.165) is 24.4 Å². The van der Waals surface area contributed by atoms with E-state index < -0.39 is 9.84 Å².